The molecule has 3 aromatic carbocycles. The highest BCUT2D eigenvalue weighted by molar-refractivity contribution is 7.90. The van der Waals surface area contributed by atoms with Gasteiger partial charge in [-0.25, -0.2) is 8.42 Å². The van der Waals surface area contributed by atoms with Gasteiger partial charge in [-0.05, 0) is 47.0 Å². The molecule has 2 amide bonds. The van der Waals surface area contributed by atoms with Gasteiger partial charge in [0.1, 0.15) is 0 Å². The van der Waals surface area contributed by atoms with E-state index in [-0.39, 0.29) is 16.7 Å². The first-order valence-corrected chi connectivity index (χ1v) is 10.8. The lowest BCUT2D eigenvalue weighted by molar-refractivity contribution is 0.0966. The van der Waals surface area contributed by atoms with Gasteiger partial charge in [-0.15, -0.1) is 0 Å². The lowest BCUT2D eigenvalue weighted by Gasteiger charge is -2.13. The first-order chi connectivity index (χ1) is 13.8. The summed E-state index contributed by atoms with van der Waals surface area (Å²) in [5.41, 5.74) is 3.76. The summed E-state index contributed by atoms with van der Waals surface area (Å²) in [6.07, 6.45) is 1.16. The molecule has 0 saturated carbocycles. The van der Waals surface area contributed by atoms with Crippen LogP contribution in [0.25, 0.3) is 11.1 Å². The van der Waals surface area contributed by atoms with Crippen molar-refractivity contribution >= 4 is 27.3 Å². The zero-order chi connectivity index (χ0) is 20.6. The van der Waals surface area contributed by atoms with Crippen LogP contribution >= 0.6 is 0 Å². The number of carbonyl (C=O) groups is 2. The van der Waals surface area contributed by atoms with Crippen LogP contribution in [-0.4, -0.2) is 26.5 Å². The van der Waals surface area contributed by atoms with Crippen molar-refractivity contribution in [2.45, 2.75) is 11.4 Å². The minimum absolute atomic E-state index is 0.235. The second-order valence-corrected chi connectivity index (χ2v) is 8.83. The quantitative estimate of drug-likeness (QED) is 0.696. The molecule has 6 nitrogen and oxygen atoms in total. The Balaban J connectivity index is 1.72. The first-order valence-electron chi connectivity index (χ1n) is 8.95. The van der Waals surface area contributed by atoms with Crippen LogP contribution in [0, 0.1) is 0 Å². The Morgan fingerprint density at radius 1 is 0.966 bits per heavy atom. The van der Waals surface area contributed by atoms with E-state index in [4.69, 9.17) is 0 Å². The van der Waals surface area contributed by atoms with Crippen LogP contribution in [-0.2, 0) is 16.4 Å². The van der Waals surface area contributed by atoms with E-state index in [9.17, 15) is 18.0 Å². The van der Waals surface area contributed by atoms with E-state index in [1.54, 1.807) is 54.6 Å². The number of sulfone groups is 1. The third-order valence-electron chi connectivity index (χ3n) is 4.84. The average Bonchev–Trinajstić information content (AvgIpc) is 3.10. The average molecular weight is 406 g/mol. The standard InChI is InChI=1S/C22H18N2O4S/c1-29(27,28)16-9-7-14(8-10-16)17-11-12-19(20-18(17)13-23-22(20)26)24-21(25)15-5-3-2-4-6-15/h2-12H,13H2,1H3,(H,23,26)(H,24,25). The third-order valence-corrected chi connectivity index (χ3v) is 5.97. The normalized spacial score (nSPS) is 12.9. The van der Waals surface area contributed by atoms with Crippen molar-refractivity contribution < 1.29 is 18.0 Å². The van der Waals surface area contributed by atoms with Crippen molar-refractivity contribution in [2.75, 3.05) is 11.6 Å². The van der Waals surface area contributed by atoms with Crippen LogP contribution in [0.4, 0.5) is 5.69 Å². The summed E-state index contributed by atoms with van der Waals surface area (Å²) >= 11 is 0. The summed E-state index contributed by atoms with van der Waals surface area (Å²) in [7, 11) is -3.28. The molecule has 2 N–H and O–H groups in total. The van der Waals surface area contributed by atoms with Gasteiger partial charge in [-0.2, -0.15) is 0 Å². The van der Waals surface area contributed by atoms with Crippen LogP contribution in [0.5, 0.6) is 0 Å². The smallest absolute Gasteiger partial charge is 0.255 e. The minimum atomic E-state index is -3.28. The van der Waals surface area contributed by atoms with Crippen LogP contribution in [0.1, 0.15) is 26.3 Å². The van der Waals surface area contributed by atoms with E-state index in [0.29, 0.717) is 23.4 Å². The Hall–Kier alpha value is -3.45. The minimum Gasteiger partial charge on any atom is -0.348 e. The number of anilines is 1. The Kier molecular flexibility index (Phi) is 4.68. The predicted molar refractivity (Wildman–Crippen MR) is 111 cm³/mol. The molecule has 0 unspecified atom stereocenters. The van der Waals surface area contributed by atoms with Gasteiger partial charge >= 0.3 is 0 Å². The van der Waals surface area contributed by atoms with Crippen LogP contribution in [0.15, 0.2) is 71.6 Å². The first kappa shape index (κ1) is 18.9. The number of rotatable bonds is 4. The van der Waals surface area contributed by atoms with Crippen LogP contribution in [0.3, 0.4) is 0 Å². The Morgan fingerprint density at radius 3 is 2.31 bits per heavy atom. The number of hydrogen-bond donors (Lipinski definition) is 2. The Bertz CT molecular complexity index is 1220. The third kappa shape index (κ3) is 3.64. The second-order valence-electron chi connectivity index (χ2n) is 6.81. The van der Waals surface area contributed by atoms with Gasteiger partial charge in [0.2, 0.25) is 0 Å². The van der Waals surface area contributed by atoms with E-state index in [2.05, 4.69) is 10.6 Å². The zero-order valence-electron chi connectivity index (χ0n) is 15.6. The van der Waals surface area contributed by atoms with Crippen molar-refractivity contribution in [3.8, 4) is 11.1 Å². The maximum absolute atomic E-state index is 12.5. The highest BCUT2D eigenvalue weighted by Gasteiger charge is 2.27. The highest BCUT2D eigenvalue weighted by Crippen LogP contribution is 2.34. The molecule has 29 heavy (non-hydrogen) atoms. The molecule has 0 aliphatic carbocycles. The lowest BCUT2D eigenvalue weighted by atomic mass is 9.95. The van der Waals surface area contributed by atoms with E-state index >= 15 is 0 Å². The fourth-order valence-corrected chi connectivity index (χ4v) is 4.02. The molecule has 0 bridgehead atoms. The Morgan fingerprint density at radius 2 is 1.66 bits per heavy atom. The summed E-state index contributed by atoms with van der Waals surface area (Å²) in [6, 6.07) is 18.8. The fraction of sp³-hybridized carbons (Fsp3) is 0.0909. The topological polar surface area (TPSA) is 92.3 Å². The number of hydrogen-bond acceptors (Lipinski definition) is 4. The van der Waals surface area contributed by atoms with E-state index in [1.165, 1.54) is 0 Å². The van der Waals surface area contributed by atoms with E-state index < -0.39 is 9.84 Å². The largest absolute Gasteiger partial charge is 0.348 e. The molecule has 0 atom stereocenters. The molecule has 7 heteroatoms. The van der Waals surface area contributed by atoms with Gasteiger partial charge in [-0.3, -0.25) is 9.59 Å². The number of carbonyl (C=O) groups excluding carboxylic acids is 2. The molecule has 0 saturated heterocycles. The summed E-state index contributed by atoms with van der Waals surface area (Å²) < 4.78 is 23.4. The molecule has 1 aliphatic heterocycles. The zero-order valence-corrected chi connectivity index (χ0v) is 16.4. The molecule has 0 fully saturated rings. The molecule has 146 valence electrons. The van der Waals surface area contributed by atoms with Gasteiger partial charge in [0.15, 0.2) is 9.84 Å². The van der Waals surface area contributed by atoms with Gasteiger partial charge in [-0.1, -0.05) is 36.4 Å². The highest BCUT2D eigenvalue weighted by atomic mass is 32.2. The molecule has 0 spiro atoms. The van der Waals surface area contributed by atoms with E-state index in [0.717, 1.165) is 22.9 Å². The second kappa shape index (κ2) is 7.18. The molecule has 3 aromatic rings. The molecule has 0 aromatic heterocycles. The van der Waals surface area contributed by atoms with Crippen molar-refractivity contribution in [3.05, 3.63) is 83.4 Å². The van der Waals surface area contributed by atoms with Gasteiger partial charge in [0.25, 0.3) is 11.8 Å². The molecule has 0 radical (unpaired) electrons. The van der Waals surface area contributed by atoms with Crippen LogP contribution in [0.2, 0.25) is 0 Å². The maximum atomic E-state index is 12.5. The number of nitrogens with one attached hydrogen (secondary N) is 2. The lowest BCUT2D eigenvalue weighted by Crippen LogP contribution is -2.17. The molecular formula is C22H18N2O4S. The molecule has 4 rings (SSSR count). The summed E-state index contributed by atoms with van der Waals surface area (Å²) in [6.45, 7) is 0.340. The molecule has 1 aliphatic rings. The number of fused-ring (bicyclic) bond motifs is 1. The van der Waals surface area contributed by atoms with Gasteiger partial charge in [0.05, 0.1) is 16.1 Å². The van der Waals surface area contributed by atoms with Crippen molar-refractivity contribution in [1.82, 2.24) is 5.32 Å². The maximum Gasteiger partial charge on any atom is 0.255 e. The molecular weight excluding hydrogens is 388 g/mol. The van der Waals surface area contributed by atoms with Crippen LogP contribution < -0.4 is 10.6 Å². The number of amides is 2. The van der Waals surface area contributed by atoms with Gasteiger partial charge in [0, 0.05) is 18.4 Å². The summed E-state index contributed by atoms with van der Waals surface area (Å²) in [5, 5.41) is 5.62. The summed E-state index contributed by atoms with van der Waals surface area (Å²) in [4.78, 5) is 25.2. The van der Waals surface area contributed by atoms with Crippen molar-refractivity contribution in [3.63, 3.8) is 0 Å². The van der Waals surface area contributed by atoms with Gasteiger partial charge < -0.3 is 10.6 Å². The SMILES string of the molecule is CS(=O)(=O)c1ccc(-c2ccc(NC(=O)c3ccccc3)c3c2CNC3=O)cc1. The molecule has 1 heterocycles. The van der Waals surface area contributed by atoms with Crippen molar-refractivity contribution in [2.24, 2.45) is 0 Å². The Labute approximate surface area is 168 Å². The van der Waals surface area contributed by atoms with Crippen molar-refractivity contribution in [1.29, 1.82) is 0 Å². The number of benzene rings is 3. The predicted octanol–water partition coefficient (Wildman–Crippen LogP) is 3.25. The summed E-state index contributed by atoms with van der Waals surface area (Å²) in [5.74, 6) is -0.546. The van der Waals surface area contributed by atoms with E-state index in [1.807, 2.05) is 12.1 Å². The fourth-order valence-electron chi connectivity index (χ4n) is 3.39. The monoisotopic (exact) mass is 406 g/mol.